The average Bonchev–Trinajstić information content (AvgIpc) is 3.24. The third-order valence-corrected chi connectivity index (χ3v) is 10.7. The maximum atomic E-state index is 14.1. The Balaban J connectivity index is 1.22. The zero-order valence-electron chi connectivity index (χ0n) is 32.6. The van der Waals surface area contributed by atoms with Crippen molar-refractivity contribution in [1.82, 2.24) is 0 Å². The van der Waals surface area contributed by atoms with Gasteiger partial charge in [-0.2, -0.15) is 0 Å². The predicted octanol–water partition coefficient (Wildman–Crippen LogP) is -5.60. The van der Waals surface area contributed by atoms with Crippen molar-refractivity contribution in [3.8, 4) is 5.75 Å². The lowest BCUT2D eigenvalue weighted by Gasteiger charge is -2.49. The number of aliphatic hydroxyl groups excluding tert-OH is 13. The Morgan fingerprint density at radius 2 is 1.02 bits per heavy atom. The van der Waals surface area contributed by atoms with Crippen LogP contribution in [0.1, 0.15) is 38.2 Å². The van der Waals surface area contributed by atoms with Gasteiger partial charge in [-0.25, -0.2) is 8.78 Å². The summed E-state index contributed by atoms with van der Waals surface area (Å²) in [6, 6.07) is 3.30. The van der Waals surface area contributed by atoms with Crippen molar-refractivity contribution in [2.24, 2.45) is 0 Å². The van der Waals surface area contributed by atoms with Crippen LogP contribution in [0.4, 0.5) is 14.5 Å². The molecule has 61 heavy (non-hydrogen) atoms. The van der Waals surface area contributed by atoms with Crippen LogP contribution in [0.3, 0.4) is 0 Å². The van der Waals surface area contributed by atoms with Gasteiger partial charge in [-0.15, -0.1) is 0 Å². The van der Waals surface area contributed by atoms with Gasteiger partial charge in [0.05, 0.1) is 32.0 Å². The summed E-state index contributed by atoms with van der Waals surface area (Å²) in [6.07, 6.45) is -38.8. The highest BCUT2D eigenvalue weighted by Crippen LogP contribution is 2.37. The summed E-state index contributed by atoms with van der Waals surface area (Å²) < 4.78 is 72.4. The summed E-state index contributed by atoms with van der Waals surface area (Å²) in [6.45, 7) is -1.81. The van der Waals surface area contributed by atoms with E-state index < -0.39 is 173 Å². The van der Waals surface area contributed by atoms with Gasteiger partial charge in [0.2, 0.25) is 12.2 Å². The van der Waals surface area contributed by atoms with Crippen molar-refractivity contribution in [2.45, 2.75) is 155 Å². The third kappa shape index (κ3) is 11.1. The second-order valence-electron chi connectivity index (χ2n) is 14.9. The maximum Gasteiger partial charge on any atom is 0.267 e. The van der Waals surface area contributed by atoms with E-state index in [4.69, 9.17) is 37.9 Å². The van der Waals surface area contributed by atoms with Crippen molar-refractivity contribution in [2.75, 3.05) is 31.7 Å². The molecule has 1 amide bonds. The second kappa shape index (κ2) is 22.0. The van der Waals surface area contributed by atoms with Gasteiger partial charge in [0, 0.05) is 12.1 Å². The van der Waals surface area contributed by atoms with Crippen molar-refractivity contribution in [3.05, 3.63) is 23.8 Å². The number of nitrogens with one attached hydrogen (secondary N) is 1. The molecule has 5 rings (SSSR count). The Labute approximate surface area is 346 Å². The Bertz CT molecular complexity index is 1530. The van der Waals surface area contributed by atoms with E-state index in [1.807, 2.05) is 6.92 Å². The molecule has 0 spiro atoms. The van der Waals surface area contributed by atoms with Crippen molar-refractivity contribution < 1.29 is 118 Å². The van der Waals surface area contributed by atoms with E-state index in [0.29, 0.717) is 6.42 Å². The first-order chi connectivity index (χ1) is 29.0. The molecule has 4 aliphatic rings. The largest absolute Gasteiger partial charge is 0.461 e. The number of aliphatic hydroxyl groups is 13. The molecule has 0 bridgehead atoms. The van der Waals surface area contributed by atoms with E-state index in [-0.39, 0.29) is 12.1 Å². The van der Waals surface area contributed by atoms with E-state index in [1.165, 1.54) is 6.07 Å². The summed E-state index contributed by atoms with van der Waals surface area (Å²) in [5.41, 5.74) is -0.661. The highest BCUT2D eigenvalue weighted by atomic mass is 19.3. The first-order valence-electron chi connectivity index (χ1n) is 19.5. The highest BCUT2D eigenvalue weighted by molar-refractivity contribution is 5.90. The standard InChI is InChI=1S/C36H55F2NO22/c1-2-3-4-19(44)39-12-5-6-14(13(7-12)32(37)38)54-33-26(51)22(47)29(16(9-41)56-33)60-35-28(53)24(49)31(18(11-43)58-35)61-36-27(52)23(48)30(17(10-42)57-36)59-34-25(50)21(46)20(45)15(8-40)55-34/h5-7,15-18,20-36,40-43,45-53H,2-4,8-11H2,1H3,(H,39,44)/t15?,16?,17?,18?,20-,21+,22-,23-,24-,25?,26?,27?,28?,29-,30-,31-,33-,34-,35-,36-/m1/s1. The average molecular weight is 892 g/mol. The topological polar surface area (TPSA) is 366 Å². The predicted molar refractivity (Wildman–Crippen MR) is 192 cm³/mol. The van der Waals surface area contributed by atoms with Gasteiger partial charge >= 0.3 is 0 Å². The molecule has 0 aliphatic carbocycles. The number of hydrogen-bond acceptors (Lipinski definition) is 22. The molecule has 14 N–H and O–H groups in total. The van der Waals surface area contributed by atoms with Crippen LogP contribution in [-0.4, -0.2) is 222 Å². The summed E-state index contributed by atoms with van der Waals surface area (Å²) in [7, 11) is 0. The fraction of sp³-hybridized carbons (Fsp3) is 0.806. The number of carbonyl (C=O) groups is 1. The molecule has 20 atom stereocenters. The molecule has 0 aromatic heterocycles. The molecule has 0 saturated carbocycles. The lowest BCUT2D eigenvalue weighted by atomic mass is 9.95. The third-order valence-electron chi connectivity index (χ3n) is 10.7. The maximum absolute atomic E-state index is 14.1. The molecule has 23 nitrogen and oxygen atoms in total. The number of ether oxygens (including phenoxy) is 8. The molecule has 25 heteroatoms. The molecule has 1 aromatic rings. The highest BCUT2D eigenvalue weighted by Gasteiger charge is 2.55. The number of carbonyl (C=O) groups excluding carboxylic acids is 1. The minimum absolute atomic E-state index is 0.0420. The summed E-state index contributed by atoms with van der Waals surface area (Å²) >= 11 is 0. The molecular weight excluding hydrogens is 836 g/mol. The Morgan fingerprint density at radius 1 is 0.607 bits per heavy atom. The van der Waals surface area contributed by atoms with E-state index in [1.54, 1.807) is 0 Å². The monoisotopic (exact) mass is 891 g/mol. The van der Waals surface area contributed by atoms with Gasteiger partial charge in [-0.3, -0.25) is 4.79 Å². The Hall–Kier alpha value is -2.45. The van der Waals surface area contributed by atoms with Crippen LogP contribution in [0.5, 0.6) is 5.75 Å². The van der Waals surface area contributed by atoms with E-state index >= 15 is 0 Å². The molecule has 1 aromatic carbocycles. The number of unbranched alkanes of at least 4 members (excludes halogenated alkanes) is 1. The van der Waals surface area contributed by atoms with Crippen molar-refractivity contribution >= 4 is 11.6 Å². The van der Waals surface area contributed by atoms with Crippen molar-refractivity contribution in [1.29, 1.82) is 0 Å². The molecule has 4 aliphatic heterocycles. The van der Waals surface area contributed by atoms with E-state index in [2.05, 4.69) is 5.32 Å². The number of alkyl halides is 2. The normalized spacial score (nSPS) is 42.0. The summed E-state index contributed by atoms with van der Waals surface area (Å²) in [5, 5.41) is 139. The number of hydrogen-bond donors (Lipinski definition) is 14. The van der Waals surface area contributed by atoms with Gasteiger partial charge in [0.1, 0.15) is 103 Å². The van der Waals surface area contributed by atoms with Crippen LogP contribution in [0, 0.1) is 0 Å². The molecule has 4 fully saturated rings. The quantitative estimate of drug-likeness (QED) is 0.0693. The zero-order valence-corrected chi connectivity index (χ0v) is 32.6. The fourth-order valence-electron chi connectivity index (χ4n) is 7.22. The fourth-order valence-corrected chi connectivity index (χ4v) is 7.22. The van der Waals surface area contributed by atoms with Gasteiger partial charge < -0.3 is 110 Å². The minimum Gasteiger partial charge on any atom is -0.461 e. The van der Waals surface area contributed by atoms with Gasteiger partial charge in [0.25, 0.3) is 6.43 Å². The van der Waals surface area contributed by atoms with Crippen LogP contribution < -0.4 is 10.1 Å². The summed E-state index contributed by atoms with van der Waals surface area (Å²) in [4.78, 5) is 12.1. The number of anilines is 1. The molecule has 0 radical (unpaired) electrons. The molecule has 4 heterocycles. The smallest absolute Gasteiger partial charge is 0.267 e. The van der Waals surface area contributed by atoms with E-state index in [9.17, 15) is 80.0 Å². The number of benzene rings is 1. The zero-order chi connectivity index (χ0) is 44.9. The molecular formula is C36H55F2NO22. The van der Waals surface area contributed by atoms with E-state index in [0.717, 1.165) is 18.6 Å². The number of rotatable bonds is 17. The lowest BCUT2D eigenvalue weighted by molar-refractivity contribution is -0.387. The van der Waals surface area contributed by atoms with Crippen LogP contribution in [0.2, 0.25) is 0 Å². The second-order valence-corrected chi connectivity index (χ2v) is 14.9. The first-order valence-corrected chi connectivity index (χ1v) is 19.5. The van der Waals surface area contributed by atoms with Crippen molar-refractivity contribution in [3.63, 3.8) is 0 Å². The lowest BCUT2D eigenvalue weighted by Crippen LogP contribution is -2.67. The van der Waals surface area contributed by atoms with Gasteiger partial charge in [-0.05, 0) is 24.6 Å². The SMILES string of the molecule is CCCCC(=O)Nc1ccc(O[C@@H]2OC(CO)[C@@H](O[C@H]3OC(CO)[C@@H](O[C@H]4OC(CO)[C@@H](O[C@H]5OC(CO)[C@@H](O)[C@H](O)C5O)[C@H](O)C4O)[C@H](O)C3O)[C@H](O)C2O)c(C(F)F)c1. The van der Waals surface area contributed by atoms with Crippen LogP contribution in [0.15, 0.2) is 18.2 Å². The van der Waals surface area contributed by atoms with Crippen LogP contribution in [-0.2, 0) is 38.0 Å². The van der Waals surface area contributed by atoms with Gasteiger partial charge in [0.15, 0.2) is 18.9 Å². The van der Waals surface area contributed by atoms with Gasteiger partial charge in [-0.1, -0.05) is 13.3 Å². The Kier molecular flexibility index (Phi) is 17.8. The minimum atomic E-state index is -3.13. The first kappa shape index (κ1) is 49.6. The molecule has 350 valence electrons. The number of amides is 1. The molecule has 8 unspecified atom stereocenters. The van der Waals surface area contributed by atoms with Crippen LogP contribution >= 0.6 is 0 Å². The Morgan fingerprint density at radius 3 is 1.44 bits per heavy atom. The summed E-state index contributed by atoms with van der Waals surface area (Å²) in [5.74, 6) is -0.900. The number of halogens is 2. The van der Waals surface area contributed by atoms with Crippen LogP contribution in [0.25, 0.3) is 0 Å². The molecule has 4 saturated heterocycles.